The van der Waals surface area contributed by atoms with Crippen molar-refractivity contribution in [2.45, 2.75) is 83.2 Å². The molecule has 1 N–H and O–H groups in total. The summed E-state index contributed by atoms with van der Waals surface area (Å²) in [5, 5.41) is 3.07. The van der Waals surface area contributed by atoms with E-state index in [1.807, 2.05) is 0 Å². The van der Waals surface area contributed by atoms with E-state index in [9.17, 15) is 9.59 Å². The van der Waals surface area contributed by atoms with Gasteiger partial charge in [0.25, 0.3) is 0 Å². The number of amides is 2. The van der Waals surface area contributed by atoms with E-state index in [2.05, 4.69) is 24.1 Å². The summed E-state index contributed by atoms with van der Waals surface area (Å²) in [6.45, 7) is 5.16. The molecule has 1 heterocycles. The highest BCUT2D eigenvalue weighted by atomic mass is 16.2. The van der Waals surface area contributed by atoms with Gasteiger partial charge in [-0.2, -0.15) is 0 Å². The minimum Gasteiger partial charge on any atom is -0.342 e. The normalized spacial score (nSPS) is 32.1. The molecule has 1 spiro atoms. The first-order valence-corrected chi connectivity index (χ1v) is 8.57. The number of rotatable bonds is 1. The van der Waals surface area contributed by atoms with Gasteiger partial charge in [-0.05, 0) is 31.1 Å². The highest BCUT2D eigenvalue weighted by Gasteiger charge is 2.50. The third kappa shape index (κ3) is 2.58. The Kier molecular flexibility index (Phi) is 3.74. The minimum absolute atomic E-state index is 0.0568. The van der Waals surface area contributed by atoms with Crippen molar-refractivity contribution >= 4 is 11.8 Å². The molecule has 0 aromatic rings. The van der Waals surface area contributed by atoms with Crippen LogP contribution in [0, 0.1) is 5.41 Å². The van der Waals surface area contributed by atoms with Crippen LogP contribution in [0.15, 0.2) is 0 Å². The summed E-state index contributed by atoms with van der Waals surface area (Å²) < 4.78 is 0. The molecular weight excluding hydrogens is 264 g/mol. The molecule has 3 aliphatic rings. The van der Waals surface area contributed by atoms with Gasteiger partial charge in [0.1, 0.15) is 5.54 Å². The molecule has 4 nitrogen and oxygen atoms in total. The first kappa shape index (κ1) is 14.9. The van der Waals surface area contributed by atoms with Gasteiger partial charge in [-0.15, -0.1) is 0 Å². The van der Waals surface area contributed by atoms with Crippen LogP contribution in [0.4, 0.5) is 0 Å². The van der Waals surface area contributed by atoms with Gasteiger partial charge in [0.05, 0.1) is 0 Å². The Balaban J connectivity index is 1.90. The second-order valence-corrected chi connectivity index (χ2v) is 7.84. The maximum atomic E-state index is 13.2. The summed E-state index contributed by atoms with van der Waals surface area (Å²) >= 11 is 0. The molecule has 0 radical (unpaired) electrons. The zero-order valence-corrected chi connectivity index (χ0v) is 13.4. The Morgan fingerprint density at radius 3 is 2.38 bits per heavy atom. The number of carbonyl (C=O) groups excluding carboxylic acids is 2. The zero-order valence-electron chi connectivity index (χ0n) is 13.4. The van der Waals surface area contributed by atoms with Crippen LogP contribution < -0.4 is 5.32 Å². The molecule has 1 aliphatic heterocycles. The molecule has 3 fully saturated rings. The van der Waals surface area contributed by atoms with Crippen molar-refractivity contribution in [2.24, 2.45) is 5.41 Å². The standard InChI is InChI=1S/C17H28N2O2/c1-16(2)9-4-3-7-13(16)19-12-8-14(20)18-17(15(19)21)10-5-6-11-17/h13H,3-12H2,1-2H3,(H,18,20). The molecule has 1 atom stereocenters. The SMILES string of the molecule is CC1(C)CCCCC1N1CCC(=O)NC2(CCCC2)C1=O. The van der Waals surface area contributed by atoms with Crippen LogP contribution in [0.2, 0.25) is 0 Å². The van der Waals surface area contributed by atoms with Crippen LogP contribution in [0.5, 0.6) is 0 Å². The fraction of sp³-hybridized carbons (Fsp3) is 0.882. The Morgan fingerprint density at radius 2 is 1.71 bits per heavy atom. The molecule has 4 heteroatoms. The molecular formula is C17H28N2O2. The van der Waals surface area contributed by atoms with E-state index in [0.717, 1.165) is 32.1 Å². The van der Waals surface area contributed by atoms with Crippen molar-refractivity contribution in [1.82, 2.24) is 10.2 Å². The van der Waals surface area contributed by atoms with Crippen LogP contribution in [-0.2, 0) is 9.59 Å². The lowest BCUT2D eigenvalue weighted by atomic mass is 9.72. The summed E-state index contributed by atoms with van der Waals surface area (Å²) in [6.07, 6.45) is 8.92. The third-order valence-corrected chi connectivity index (χ3v) is 5.91. The predicted molar refractivity (Wildman–Crippen MR) is 81.7 cm³/mol. The third-order valence-electron chi connectivity index (χ3n) is 5.91. The Morgan fingerprint density at radius 1 is 1.05 bits per heavy atom. The van der Waals surface area contributed by atoms with Gasteiger partial charge in [-0.1, -0.05) is 39.5 Å². The molecule has 118 valence electrons. The quantitative estimate of drug-likeness (QED) is 0.807. The van der Waals surface area contributed by atoms with Gasteiger partial charge in [0, 0.05) is 19.0 Å². The molecule has 1 unspecified atom stereocenters. The van der Waals surface area contributed by atoms with E-state index in [1.54, 1.807) is 0 Å². The molecule has 2 amide bonds. The molecule has 3 rings (SSSR count). The topological polar surface area (TPSA) is 49.4 Å². The predicted octanol–water partition coefficient (Wildman–Crippen LogP) is 2.62. The van der Waals surface area contributed by atoms with Gasteiger partial charge in [-0.3, -0.25) is 9.59 Å². The largest absolute Gasteiger partial charge is 0.342 e. The van der Waals surface area contributed by atoms with Crippen molar-refractivity contribution in [1.29, 1.82) is 0 Å². The van der Waals surface area contributed by atoms with E-state index in [0.29, 0.717) is 19.0 Å². The van der Waals surface area contributed by atoms with Crippen molar-refractivity contribution < 1.29 is 9.59 Å². The maximum absolute atomic E-state index is 13.2. The summed E-state index contributed by atoms with van der Waals surface area (Å²) in [7, 11) is 0. The Bertz CT molecular complexity index is 438. The number of nitrogens with zero attached hydrogens (tertiary/aromatic N) is 1. The van der Waals surface area contributed by atoms with Crippen molar-refractivity contribution in [3.8, 4) is 0 Å². The van der Waals surface area contributed by atoms with Crippen molar-refractivity contribution in [3.63, 3.8) is 0 Å². The van der Waals surface area contributed by atoms with Crippen LogP contribution >= 0.6 is 0 Å². The van der Waals surface area contributed by atoms with Crippen molar-refractivity contribution in [3.05, 3.63) is 0 Å². The monoisotopic (exact) mass is 292 g/mol. The van der Waals surface area contributed by atoms with Gasteiger partial charge >= 0.3 is 0 Å². The number of hydrogen-bond donors (Lipinski definition) is 1. The first-order chi connectivity index (χ1) is 9.95. The van der Waals surface area contributed by atoms with Crippen LogP contribution in [0.25, 0.3) is 0 Å². The lowest BCUT2D eigenvalue weighted by molar-refractivity contribution is -0.144. The maximum Gasteiger partial charge on any atom is 0.248 e. The minimum atomic E-state index is -0.582. The molecule has 2 aliphatic carbocycles. The molecule has 0 aromatic carbocycles. The first-order valence-electron chi connectivity index (χ1n) is 8.57. The Hall–Kier alpha value is -1.06. The zero-order chi connectivity index (χ0) is 15.1. The second kappa shape index (κ2) is 5.29. The summed E-state index contributed by atoms with van der Waals surface area (Å²) in [4.78, 5) is 27.4. The summed E-state index contributed by atoms with van der Waals surface area (Å²) in [5.74, 6) is 0.257. The fourth-order valence-corrected chi connectivity index (χ4v) is 4.65. The van der Waals surface area contributed by atoms with Gasteiger partial charge in [0.15, 0.2) is 0 Å². The number of hydrogen-bond acceptors (Lipinski definition) is 2. The Labute approximate surface area is 127 Å². The van der Waals surface area contributed by atoms with Crippen molar-refractivity contribution in [2.75, 3.05) is 6.54 Å². The van der Waals surface area contributed by atoms with E-state index in [4.69, 9.17) is 0 Å². The second-order valence-electron chi connectivity index (χ2n) is 7.84. The van der Waals surface area contributed by atoms with Crippen LogP contribution in [-0.4, -0.2) is 34.8 Å². The highest BCUT2D eigenvalue weighted by Crippen LogP contribution is 2.41. The van der Waals surface area contributed by atoms with E-state index >= 15 is 0 Å². The fourth-order valence-electron chi connectivity index (χ4n) is 4.65. The summed E-state index contributed by atoms with van der Waals surface area (Å²) in [6, 6.07) is 0.295. The number of carbonyl (C=O) groups is 2. The average molecular weight is 292 g/mol. The van der Waals surface area contributed by atoms with Crippen LogP contribution in [0.1, 0.15) is 71.6 Å². The van der Waals surface area contributed by atoms with E-state index in [1.165, 1.54) is 19.3 Å². The van der Waals surface area contributed by atoms with Gasteiger partial charge in [-0.25, -0.2) is 0 Å². The van der Waals surface area contributed by atoms with Crippen LogP contribution in [0.3, 0.4) is 0 Å². The smallest absolute Gasteiger partial charge is 0.248 e. The molecule has 1 saturated heterocycles. The molecule has 21 heavy (non-hydrogen) atoms. The summed E-state index contributed by atoms with van der Waals surface area (Å²) in [5.41, 5.74) is -0.414. The van der Waals surface area contributed by atoms with Gasteiger partial charge < -0.3 is 10.2 Å². The molecule has 0 bridgehead atoms. The van der Waals surface area contributed by atoms with E-state index < -0.39 is 5.54 Å². The molecule has 0 aromatic heterocycles. The number of nitrogens with one attached hydrogen (secondary N) is 1. The molecule has 2 saturated carbocycles. The highest BCUT2D eigenvalue weighted by molar-refractivity contribution is 5.94. The van der Waals surface area contributed by atoms with E-state index in [-0.39, 0.29) is 17.2 Å². The lowest BCUT2D eigenvalue weighted by Gasteiger charge is -2.46. The van der Waals surface area contributed by atoms with Gasteiger partial charge in [0.2, 0.25) is 11.8 Å². The lowest BCUT2D eigenvalue weighted by Crippen LogP contribution is -2.59. The average Bonchev–Trinajstić information content (AvgIpc) is 2.85.